The predicted molar refractivity (Wildman–Crippen MR) is 50.2 cm³/mol. The van der Waals surface area contributed by atoms with Crippen molar-refractivity contribution in [1.29, 1.82) is 0 Å². The SMILES string of the molecule is CC(=O)c1cnc2c(Cl)cccn12. The van der Waals surface area contributed by atoms with E-state index >= 15 is 0 Å². The number of Topliss-reactive ketones (excluding diaryl/α,β-unsaturated/α-hetero) is 1. The van der Waals surface area contributed by atoms with Crippen molar-refractivity contribution in [2.24, 2.45) is 0 Å². The minimum absolute atomic E-state index is 0.0187. The molecule has 0 aliphatic rings. The van der Waals surface area contributed by atoms with Crippen LogP contribution in [-0.2, 0) is 0 Å². The molecule has 4 heteroatoms. The second-order valence-corrected chi connectivity index (χ2v) is 3.16. The Morgan fingerprint density at radius 2 is 2.38 bits per heavy atom. The van der Waals surface area contributed by atoms with Crippen molar-refractivity contribution in [2.75, 3.05) is 0 Å². The van der Waals surface area contributed by atoms with Crippen molar-refractivity contribution in [3.63, 3.8) is 0 Å². The molecule has 0 saturated carbocycles. The number of fused-ring (bicyclic) bond motifs is 1. The van der Waals surface area contributed by atoms with Crippen molar-refractivity contribution in [3.8, 4) is 0 Å². The summed E-state index contributed by atoms with van der Waals surface area (Å²) in [6.45, 7) is 1.50. The average Bonchev–Trinajstić information content (AvgIpc) is 2.48. The van der Waals surface area contributed by atoms with Gasteiger partial charge >= 0.3 is 0 Å². The molecule has 0 aliphatic carbocycles. The number of hydrogen-bond donors (Lipinski definition) is 0. The Balaban J connectivity index is 2.83. The van der Waals surface area contributed by atoms with Gasteiger partial charge in [-0.2, -0.15) is 0 Å². The molecule has 0 radical (unpaired) electrons. The maximum Gasteiger partial charge on any atom is 0.178 e. The molecule has 0 N–H and O–H groups in total. The molecule has 2 heterocycles. The Bertz CT molecular complexity index is 475. The highest BCUT2D eigenvalue weighted by atomic mass is 35.5. The van der Waals surface area contributed by atoms with Crippen molar-refractivity contribution >= 4 is 23.0 Å². The number of aromatic nitrogens is 2. The number of nitrogens with zero attached hydrogens (tertiary/aromatic N) is 2. The van der Waals surface area contributed by atoms with Crippen LogP contribution >= 0.6 is 11.6 Å². The number of ketones is 1. The van der Waals surface area contributed by atoms with Crippen LogP contribution in [0.3, 0.4) is 0 Å². The molecule has 0 aliphatic heterocycles. The lowest BCUT2D eigenvalue weighted by molar-refractivity contribution is 0.101. The molecule has 0 bridgehead atoms. The molecule has 0 fully saturated rings. The molecule has 0 spiro atoms. The molecule has 0 saturated heterocycles. The average molecular weight is 195 g/mol. The van der Waals surface area contributed by atoms with E-state index in [-0.39, 0.29) is 5.78 Å². The Hall–Kier alpha value is -1.35. The number of pyridine rings is 1. The van der Waals surface area contributed by atoms with Gasteiger partial charge in [0.2, 0.25) is 0 Å². The second kappa shape index (κ2) is 2.85. The van der Waals surface area contributed by atoms with E-state index < -0.39 is 0 Å². The summed E-state index contributed by atoms with van der Waals surface area (Å²) in [6.07, 6.45) is 3.30. The maximum absolute atomic E-state index is 11.1. The minimum Gasteiger partial charge on any atom is -0.296 e. The number of rotatable bonds is 1. The van der Waals surface area contributed by atoms with Crippen LogP contribution in [0.15, 0.2) is 24.5 Å². The van der Waals surface area contributed by atoms with Gasteiger partial charge in [-0.3, -0.25) is 9.20 Å². The van der Waals surface area contributed by atoms with Crippen LogP contribution in [0.4, 0.5) is 0 Å². The van der Waals surface area contributed by atoms with Crippen LogP contribution in [0, 0.1) is 0 Å². The van der Waals surface area contributed by atoms with Crippen molar-refractivity contribution in [3.05, 3.63) is 35.2 Å². The predicted octanol–water partition coefficient (Wildman–Crippen LogP) is 2.19. The van der Waals surface area contributed by atoms with Crippen LogP contribution in [-0.4, -0.2) is 15.2 Å². The van der Waals surface area contributed by atoms with E-state index in [4.69, 9.17) is 11.6 Å². The number of halogens is 1. The summed E-state index contributed by atoms with van der Waals surface area (Å²) in [4.78, 5) is 15.2. The lowest BCUT2D eigenvalue weighted by Crippen LogP contribution is -1.97. The Kier molecular flexibility index (Phi) is 1.81. The summed E-state index contributed by atoms with van der Waals surface area (Å²) >= 11 is 5.88. The van der Waals surface area contributed by atoms with Crippen LogP contribution in [0.2, 0.25) is 5.02 Å². The zero-order valence-corrected chi connectivity index (χ0v) is 7.75. The Morgan fingerprint density at radius 3 is 3.08 bits per heavy atom. The fourth-order valence-corrected chi connectivity index (χ4v) is 1.45. The summed E-state index contributed by atoms with van der Waals surface area (Å²) in [5.41, 5.74) is 1.17. The smallest absolute Gasteiger partial charge is 0.178 e. The minimum atomic E-state index is -0.0187. The third-order valence-electron chi connectivity index (χ3n) is 1.85. The highest BCUT2D eigenvalue weighted by Crippen LogP contribution is 2.16. The number of carbonyl (C=O) groups excluding carboxylic acids is 1. The zero-order valence-electron chi connectivity index (χ0n) is 6.99. The van der Waals surface area contributed by atoms with Crippen molar-refractivity contribution in [2.45, 2.75) is 6.92 Å². The van der Waals surface area contributed by atoms with Gasteiger partial charge < -0.3 is 0 Å². The fourth-order valence-electron chi connectivity index (χ4n) is 1.24. The summed E-state index contributed by atoms with van der Waals surface area (Å²) in [6, 6.07) is 3.53. The van der Waals surface area contributed by atoms with E-state index in [1.807, 2.05) is 0 Å². The van der Waals surface area contributed by atoms with E-state index in [2.05, 4.69) is 4.98 Å². The number of imidazole rings is 1. The molecule has 0 aromatic carbocycles. The molecule has 0 amide bonds. The van der Waals surface area contributed by atoms with E-state index in [0.717, 1.165) is 0 Å². The third kappa shape index (κ3) is 1.21. The van der Waals surface area contributed by atoms with Gasteiger partial charge in [-0.1, -0.05) is 11.6 Å². The van der Waals surface area contributed by atoms with Gasteiger partial charge in [-0.25, -0.2) is 4.98 Å². The van der Waals surface area contributed by atoms with Gasteiger partial charge in [0.05, 0.1) is 11.2 Å². The molecular formula is C9H7ClN2O. The standard InChI is InChI=1S/C9H7ClN2O/c1-6(13)8-5-11-9-7(10)3-2-4-12(8)9/h2-5H,1H3. The topological polar surface area (TPSA) is 34.4 Å². The van der Waals surface area contributed by atoms with E-state index in [1.165, 1.54) is 13.1 Å². The van der Waals surface area contributed by atoms with Crippen LogP contribution < -0.4 is 0 Å². The maximum atomic E-state index is 11.1. The summed E-state index contributed by atoms with van der Waals surface area (Å²) in [5.74, 6) is -0.0187. The van der Waals surface area contributed by atoms with E-state index in [9.17, 15) is 4.79 Å². The van der Waals surface area contributed by atoms with Crippen LogP contribution in [0.5, 0.6) is 0 Å². The molecule has 0 atom stereocenters. The van der Waals surface area contributed by atoms with Crippen molar-refractivity contribution < 1.29 is 4.79 Å². The first kappa shape index (κ1) is 8.26. The fraction of sp³-hybridized carbons (Fsp3) is 0.111. The second-order valence-electron chi connectivity index (χ2n) is 2.75. The summed E-state index contributed by atoms with van der Waals surface area (Å²) in [5, 5.41) is 0.551. The zero-order chi connectivity index (χ0) is 9.42. The van der Waals surface area contributed by atoms with Gasteiger partial charge in [0.15, 0.2) is 11.4 Å². The van der Waals surface area contributed by atoms with Crippen LogP contribution in [0.1, 0.15) is 17.4 Å². The Morgan fingerprint density at radius 1 is 1.62 bits per heavy atom. The summed E-state index contributed by atoms with van der Waals surface area (Å²) < 4.78 is 1.69. The molecule has 2 rings (SSSR count). The van der Waals surface area contributed by atoms with E-state index in [0.29, 0.717) is 16.4 Å². The molecule has 2 aromatic heterocycles. The van der Waals surface area contributed by atoms with E-state index in [1.54, 1.807) is 22.7 Å². The first-order chi connectivity index (χ1) is 6.20. The van der Waals surface area contributed by atoms with Crippen LogP contribution in [0.25, 0.3) is 5.65 Å². The third-order valence-corrected chi connectivity index (χ3v) is 2.14. The quantitative estimate of drug-likeness (QED) is 0.653. The molecule has 13 heavy (non-hydrogen) atoms. The summed E-state index contributed by atoms with van der Waals surface area (Å²) in [7, 11) is 0. The lowest BCUT2D eigenvalue weighted by Gasteiger charge is -1.97. The molecule has 2 aromatic rings. The van der Waals surface area contributed by atoms with Gasteiger partial charge in [-0.05, 0) is 12.1 Å². The molecular weight excluding hydrogens is 188 g/mol. The first-order valence-electron chi connectivity index (χ1n) is 3.82. The molecule has 0 unspecified atom stereocenters. The monoisotopic (exact) mass is 194 g/mol. The van der Waals surface area contributed by atoms with Gasteiger partial charge in [0.25, 0.3) is 0 Å². The Labute approximate surface area is 80.0 Å². The highest BCUT2D eigenvalue weighted by Gasteiger charge is 2.08. The first-order valence-corrected chi connectivity index (χ1v) is 4.20. The largest absolute Gasteiger partial charge is 0.296 e. The normalized spacial score (nSPS) is 10.6. The van der Waals surface area contributed by atoms with Gasteiger partial charge in [0, 0.05) is 13.1 Å². The van der Waals surface area contributed by atoms with Crippen molar-refractivity contribution in [1.82, 2.24) is 9.38 Å². The lowest BCUT2D eigenvalue weighted by atomic mass is 10.3. The van der Waals surface area contributed by atoms with Gasteiger partial charge in [-0.15, -0.1) is 0 Å². The van der Waals surface area contributed by atoms with Gasteiger partial charge in [0.1, 0.15) is 5.69 Å². The molecule has 3 nitrogen and oxygen atoms in total. The number of carbonyl (C=O) groups is 1. The molecule has 66 valence electrons. The number of hydrogen-bond acceptors (Lipinski definition) is 2. The highest BCUT2D eigenvalue weighted by molar-refractivity contribution is 6.33.